The second kappa shape index (κ2) is 8.54. The number of anilines is 1. The summed E-state index contributed by atoms with van der Waals surface area (Å²) >= 11 is 12.1. The number of phenolic OH excluding ortho intramolecular Hbond substituents is 1. The number of hydrogen-bond donors (Lipinski definition) is 2. The zero-order valence-electron chi connectivity index (χ0n) is 18.2. The van der Waals surface area contributed by atoms with Gasteiger partial charge in [0.05, 0.1) is 23.5 Å². The van der Waals surface area contributed by atoms with Crippen molar-refractivity contribution in [3.63, 3.8) is 0 Å². The quantitative estimate of drug-likeness (QED) is 0.354. The fraction of sp³-hybridized carbons (Fsp3) is 0.154. The SMILES string of the molecule is Cc1cc(C2C(c3ccccn3)NC(=S)N2c2ccccc2O)c(C)n1-c1cccc(Cl)c1. The first-order valence-corrected chi connectivity index (χ1v) is 11.5. The van der Waals surface area contributed by atoms with E-state index in [1.807, 2.05) is 65.6 Å². The summed E-state index contributed by atoms with van der Waals surface area (Å²) < 4.78 is 2.20. The van der Waals surface area contributed by atoms with Crippen LogP contribution in [0.25, 0.3) is 5.69 Å². The molecule has 1 saturated heterocycles. The number of aromatic nitrogens is 2. The van der Waals surface area contributed by atoms with Crippen molar-refractivity contribution < 1.29 is 5.11 Å². The van der Waals surface area contributed by atoms with Gasteiger partial charge in [0.2, 0.25) is 0 Å². The first-order chi connectivity index (χ1) is 16.0. The molecule has 5 nitrogen and oxygen atoms in total. The largest absolute Gasteiger partial charge is 0.506 e. The van der Waals surface area contributed by atoms with E-state index in [-0.39, 0.29) is 17.8 Å². The highest BCUT2D eigenvalue weighted by Crippen LogP contribution is 2.45. The lowest BCUT2D eigenvalue weighted by atomic mass is 9.96. The third-order valence-electron chi connectivity index (χ3n) is 6.09. The molecule has 1 aliphatic rings. The summed E-state index contributed by atoms with van der Waals surface area (Å²) in [7, 11) is 0. The van der Waals surface area contributed by atoms with E-state index in [2.05, 4.69) is 34.8 Å². The number of nitrogens with zero attached hydrogens (tertiary/aromatic N) is 3. The van der Waals surface area contributed by atoms with Crippen LogP contribution >= 0.6 is 23.8 Å². The van der Waals surface area contributed by atoms with E-state index in [1.54, 1.807) is 12.3 Å². The molecule has 2 N–H and O–H groups in total. The lowest BCUT2D eigenvalue weighted by Gasteiger charge is -2.28. The molecule has 2 aromatic carbocycles. The number of rotatable bonds is 4. The summed E-state index contributed by atoms with van der Waals surface area (Å²) in [6.45, 7) is 4.18. The predicted octanol–water partition coefficient (Wildman–Crippen LogP) is 6.03. The number of halogens is 1. The minimum atomic E-state index is -0.208. The molecular weight excluding hydrogens is 452 g/mol. The number of aromatic hydroxyl groups is 1. The lowest BCUT2D eigenvalue weighted by molar-refractivity contribution is 0.472. The van der Waals surface area contributed by atoms with Gasteiger partial charge < -0.3 is 19.9 Å². The summed E-state index contributed by atoms with van der Waals surface area (Å²) in [5.74, 6) is 0.178. The van der Waals surface area contributed by atoms with E-state index in [4.69, 9.17) is 23.8 Å². The van der Waals surface area contributed by atoms with Crippen molar-refractivity contribution in [2.45, 2.75) is 25.9 Å². The highest BCUT2D eigenvalue weighted by atomic mass is 35.5. The Morgan fingerprint density at radius 2 is 1.79 bits per heavy atom. The first-order valence-electron chi connectivity index (χ1n) is 10.7. The highest BCUT2D eigenvalue weighted by Gasteiger charge is 2.43. The van der Waals surface area contributed by atoms with Gasteiger partial charge in [0.15, 0.2) is 5.11 Å². The number of aryl methyl sites for hydroxylation is 1. The van der Waals surface area contributed by atoms with Gasteiger partial charge in [-0.25, -0.2) is 0 Å². The van der Waals surface area contributed by atoms with Crippen LogP contribution in [0.3, 0.4) is 0 Å². The lowest BCUT2D eigenvalue weighted by Crippen LogP contribution is -2.29. The zero-order chi connectivity index (χ0) is 23.1. The Hall–Kier alpha value is -3.35. The fourth-order valence-corrected chi connectivity index (χ4v) is 5.22. The summed E-state index contributed by atoms with van der Waals surface area (Å²) in [5, 5.41) is 15.4. The van der Waals surface area contributed by atoms with Crippen molar-refractivity contribution in [3.05, 3.63) is 107 Å². The Morgan fingerprint density at radius 3 is 2.52 bits per heavy atom. The Kier molecular flexibility index (Phi) is 5.56. The van der Waals surface area contributed by atoms with Crippen molar-refractivity contribution in [2.75, 3.05) is 4.90 Å². The number of para-hydroxylation sites is 2. The number of pyridine rings is 1. The Labute approximate surface area is 203 Å². The van der Waals surface area contributed by atoms with Crippen molar-refractivity contribution >= 4 is 34.6 Å². The minimum Gasteiger partial charge on any atom is -0.506 e. The van der Waals surface area contributed by atoms with E-state index in [9.17, 15) is 5.11 Å². The number of phenols is 1. The maximum atomic E-state index is 10.7. The maximum absolute atomic E-state index is 10.7. The smallest absolute Gasteiger partial charge is 0.174 e. The van der Waals surface area contributed by atoms with Crippen LogP contribution in [0, 0.1) is 13.8 Å². The van der Waals surface area contributed by atoms with E-state index in [0.717, 1.165) is 28.3 Å². The zero-order valence-corrected chi connectivity index (χ0v) is 19.8. The van der Waals surface area contributed by atoms with Gasteiger partial charge in [-0.15, -0.1) is 0 Å². The molecule has 1 aliphatic heterocycles. The van der Waals surface area contributed by atoms with Crippen LogP contribution in [0.4, 0.5) is 5.69 Å². The predicted molar refractivity (Wildman–Crippen MR) is 136 cm³/mol. The number of thiocarbonyl (C=S) groups is 1. The summed E-state index contributed by atoms with van der Waals surface area (Å²) in [6, 6.07) is 22.8. The van der Waals surface area contributed by atoms with Crippen molar-refractivity contribution in [1.82, 2.24) is 14.9 Å². The standard InChI is InChI=1S/C26H23ClN4OS/c1-16-14-20(17(2)30(16)19-9-7-8-18(27)15-19)25-24(21-10-5-6-13-28-21)29-26(33)31(25)22-11-3-4-12-23(22)32/h3-15,24-25,32H,1-2H3,(H,29,33). The van der Waals surface area contributed by atoms with Crippen LogP contribution < -0.4 is 10.2 Å². The van der Waals surface area contributed by atoms with Crippen molar-refractivity contribution in [2.24, 2.45) is 0 Å². The summed E-state index contributed by atoms with van der Waals surface area (Å²) in [5.41, 5.74) is 5.80. The average Bonchev–Trinajstić information content (AvgIpc) is 3.30. The maximum Gasteiger partial charge on any atom is 0.174 e. The molecule has 0 aliphatic carbocycles. The molecule has 0 amide bonds. The second-order valence-corrected chi connectivity index (χ2v) is 8.95. The van der Waals surface area contributed by atoms with Gasteiger partial charge in [-0.2, -0.15) is 0 Å². The first kappa shape index (κ1) is 21.5. The summed E-state index contributed by atoms with van der Waals surface area (Å²) in [4.78, 5) is 6.61. The van der Waals surface area contributed by atoms with E-state index >= 15 is 0 Å². The molecule has 2 aromatic heterocycles. The van der Waals surface area contributed by atoms with Gasteiger partial charge in [-0.05, 0) is 80.2 Å². The molecule has 5 rings (SSSR count). The van der Waals surface area contributed by atoms with Gasteiger partial charge in [-0.3, -0.25) is 4.98 Å². The molecule has 0 spiro atoms. The van der Waals surface area contributed by atoms with Crippen LogP contribution in [-0.2, 0) is 0 Å². The van der Waals surface area contributed by atoms with E-state index < -0.39 is 0 Å². The van der Waals surface area contributed by atoms with Crippen LogP contribution in [-0.4, -0.2) is 19.8 Å². The number of nitrogens with one attached hydrogen (secondary N) is 1. The van der Waals surface area contributed by atoms with Crippen LogP contribution in [0.2, 0.25) is 5.02 Å². The topological polar surface area (TPSA) is 53.3 Å². The molecular formula is C26H23ClN4OS. The number of benzene rings is 2. The normalized spacial score (nSPS) is 17.9. The highest BCUT2D eigenvalue weighted by molar-refractivity contribution is 7.80. The molecule has 0 bridgehead atoms. The van der Waals surface area contributed by atoms with E-state index in [0.29, 0.717) is 15.8 Å². The molecule has 33 heavy (non-hydrogen) atoms. The van der Waals surface area contributed by atoms with Crippen LogP contribution in [0.1, 0.15) is 34.7 Å². The third kappa shape index (κ3) is 3.75. The Morgan fingerprint density at radius 1 is 1.00 bits per heavy atom. The molecule has 166 valence electrons. The molecule has 2 unspecified atom stereocenters. The third-order valence-corrected chi connectivity index (χ3v) is 6.64. The molecule has 4 aromatic rings. The minimum absolute atomic E-state index is 0.178. The van der Waals surface area contributed by atoms with Gasteiger partial charge in [-0.1, -0.05) is 35.9 Å². The van der Waals surface area contributed by atoms with Gasteiger partial charge in [0.25, 0.3) is 0 Å². The number of hydrogen-bond acceptors (Lipinski definition) is 3. The van der Waals surface area contributed by atoms with Gasteiger partial charge in [0, 0.05) is 28.3 Å². The molecule has 0 radical (unpaired) electrons. The molecule has 2 atom stereocenters. The van der Waals surface area contributed by atoms with Gasteiger partial charge in [0.1, 0.15) is 5.75 Å². The Bertz CT molecular complexity index is 1340. The van der Waals surface area contributed by atoms with Crippen molar-refractivity contribution in [1.29, 1.82) is 0 Å². The van der Waals surface area contributed by atoms with Crippen LogP contribution in [0.5, 0.6) is 5.75 Å². The van der Waals surface area contributed by atoms with Crippen LogP contribution in [0.15, 0.2) is 79.0 Å². The second-order valence-electron chi connectivity index (χ2n) is 8.13. The van der Waals surface area contributed by atoms with Gasteiger partial charge >= 0.3 is 0 Å². The van der Waals surface area contributed by atoms with E-state index in [1.165, 1.54) is 0 Å². The monoisotopic (exact) mass is 474 g/mol. The molecule has 0 saturated carbocycles. The molecule has 3 heterocycles. The fourth-order valence-electron chi connectivity index (χ4n) is 4.70. The van der Waals surface area contributed by atoms with Crippen molar-refractivity contribution in [3.8, 4) is 11.4 Å². The average molecular weight is 475 g/mol. The summed E-state index contributed by atoms with van der Waals surface area (Å²) in [6.07, 6.45) is 1.79. The molecule has 7 heteroatoms. The Balaban J connectivity index is 1.70. The molecule has 1 fully saturated rings.